The number of likely N-dealkylation sites (N-methyl/N-ethyl adjacent to an activating group) is 1. The number of alkyl halides is 2. The molecule has 0 spiro atoms. The van der Waals surface area contributed by atoms with Gasteiger partial charge < -0.3 is 14.2 Å². The van der Waals surface area contributed by atoms with E-state index in [1.54, 1.807) is 0 Å². The highest BCUT2D eigenvalue weighted by Gasteiger charge is 2.26. The predicted molar refractivity (Wildman–Crippen MR) is 55.2 cm³/mol. The van der Waals surface area contributed by atoms with Gasteiger partial charge in [0.15, 0.2) is 0 Å². The smallest absolute Gasteiger partial charge is 0.296 e. The van der Waals surface area contributed by atoms with E-state index in [0.29, 0.717) is 19.0 Å². The molecule has 1 aromatic rings. The minimum absolute atomic E-state index is 0.105. The Kier molecular flexibility index (Phi) is 3.97. The van der Waals surface area contributed by atoms with Crippen LogP contribution in [0.5, 0.6) is 0 Å². The lowest BCUT2D eigenvalue weighted by Gasteiger charge is -2.27. The van der Waals surface area contributed by atoms with E-state index in [4.69, 9.17) is 9.26 Å². The molecular weight excluding hydrogens is 248 g/mol. The fourth-order valence-corrected chi connectivity index (χ4v) is 1.63. The van der Waals surface area contributed by atoms with Crippen molar-refractivity contribution in [3.05, 3.63) is 11.7 Å². The molecule has 2 rings (SSSR count). The molecule has 0 radical (unpaired) electrons. The van der Waals surface area contributed by atoms with Gasteiger partial charge in [-0.3, -0.25) is 4.79 Å². The van der Waals surface area contributed by atoms with Crippen molar-refractivity contribution in [3.63, 3.8) is 0 Å². The molecule has 0 N–H and O–H groups in total. The van der Waals surface area contributed by atoms with Crippen LogP contribution in [0.4, 0.5) is 8.78 Å². The van der Waals surface area contributed by atoms with Gasteiger partial charge in [0.05, 0.1) is 13.0 Å². The van der Waals surface area contributed by atoms with Gasteiger partial charge in [0.1, 0.15) is 6.10 Å². The molecule has 1 unspecified atom stereocenters. The van der Waals surface area contributed by atoms with Gasteiger partial charge in [0.2, 0.25) is 17.5 Å². The van der Waals surface area contributed by atoms with Crippen molar-refractivity contribution in [3.8, 4) is 0 Å². The van der Waals surface area contributed by atoms with Crippen molar-refractivity contribution < 1.29 is 22.8 Å². The number of aromatic nitrogens is 2. The highest BCUT2D eigenvalue weighted by molar-refractivity contribution is 5.82. The lowest BCUT2D eigenvalue weighted by molar-refractivity contribution is -0.129. The van der Waals surface area contributed by atoms with Crippen LogP contribution in [0, 0.1) is 0 Å². The standard InChI is InChI=1S/C10H13F2N3O3/c1-15-2-3-17-7(5-15)10-13-8(18-14-10)4-6(16)9(11)12/h7,9H,2-5H2,1H3. The molecule has 6 nitrogen and oxygen atoms in total. The number of carbonyl (C=O) groups excluding carboxylic acids is 1. The summed E-state index contributed by atoms with van der Waals surface area (Å²) in [6, 6.07) is 0. The Labute approximate surface area is 102 Å². The summed E-state index contributed by atoms with van der Waals surface area (Å²) in [5.74, 6) is -1.04. The maximum atomic E-state index is 12.1. The first kappa shape index (κ1) is 13.0. The SMILES string of the molecule is CN1CCOC(c2noc(CC(=O)C(F)F)n2)C1. The molecule has 1 fully saturated rings. The number of nitrogens with zero attached hydrogens (tertiary/aromatic N) is 3. The Bertz CT molecular complexity index is 424. The van der Waals surface area contributed by atoms with E-state index >= 15 is 0 Å². The fourth-order valence-electron chi connectivity index (χ4n) is 1.63. The molecule has 1 aromatic heterocycles. The average Bonchev–Trinajstić information content (AvgIpc) is 2.77. The molecule has 1 aliphatic rings. The second kappa shape index (κ2) is 5.49. The highest BCUT2D eigenvalue weighted by Crippen LogP contribution is 2.19. The second-order valence-electron chi connectivity index (χ2n) is 4.11. The van der Waals surface area contributed by atoms with E-state index < -0.39 is 18.6 Å². The monoisotopic (exact) mass is 261 g/mol. The van der Waals surface area contributed by atoms with Crippen molar-refractivity contribution in [2.24, 2.45) is 0 Å². The first-order valence-electron chi connectivity index (χ1n) is 5.49. The number of hydrogen-bond donors (Lipinski definition) is 0. The maximum absolute atomic E-state index is 12.1. The van der Waals surface area contributed by atoms with Crippen molar-refractivity contribution in [1.82, 2.24) is 15.0 Å². The molecule has 0 bridgehead atoms. The largest absolute Gasteiger partial charge is 0.367 e. The lowest BCUT2D eigenvalue weighted by Crippen LogP contribution is -2.35. The van der Waals surface area contributed by atoms with Gasteiger partial charge in [0, 0.05) is 13.1 Å². The van der Waals surface area contributed by atoms with Crippen LogP contribution in [0.15, 0.2) is 4.52 Å². The number of ether oxygens (including phenoxy) is 1. The summed E-state index contributed by atoms with van der Waals surface area (Å²) >= 11 is 0. The third-order valence-corrected chi connectivity index (χ3v) is 2.61. The molecule has 1 atom stereocenters. The molecule has 0 aliphatic carbocycles. The zero-order chi connectivity index (χ0) is 13.1. The minimum atomic E-state index is -3.02. The Morgan fingerprint density at radius 1 is 1.61 bits per heavy atom. The van der Waals surface area contributed by atoms with Crippen LogP contribution in [-0.2, 0) is 16.0 Å². The first-order chi connectivity index (χ1) is 8.56. The van der Waals surface area contributed by atoms with Crippen LogP contribution in [0.25, 0.3) is 0 Å². The number of hydrogen-bond acceptors (Lipinski definition) is 6. The van der Waals surface area contributed by atoms with E-state index in [1.165, 1.54) is 0 Å². The van der Waals surface area contributed by atoms with Crippen molar-refractivity contribution >= 4 is 5.78 Å². The Hall–Kier alpha value is -1.41. The fraction of sp³-hybridized carbons (Fsp3) is 0.700. The number of halogens is 2. The normalized spacial score (nSPS) is 21.4. The minimum Gasteiger partial charge on any atom is -0.367 e. The molecule has 0 amide bonds. The third kappa shape index (κ3) is 3.08. The Balaban J connectivity index is 1.99. The summed E-state index contributed by atoms with van der Waals surface area (Å²) in [5, 5.41) is 3.65. The molecular formula is C10H13F2N3O3. The number of ketones is 1. The summed E-state index contributed by atoms with van der Waals surface area (Å²) in [5.41, 5.74) is 0. The van der Waals surface area contributed by atoms with Gasteiger partial charge in [-0.05, 0) is 7.05 Å². The van der Waals surface area contributed by atoms with Crippen LogP contribution < -0.4 is 0 Å². The van der Waals surface area contributed by atoms with Crippen molar-refractivity contribution in [2.45, 2.75) is 19.0 Å². The first-order valence-corrected chi connectivity index (χ1v) is 5.49. The highest BCUT2D eigenvalue weighted by atomic mass is 19.3. The zero-order valence-corrected chi connectivity index (χ0v) is 9.81. The quantitative estimate of drug-likeness (QED) is 0.783. The summed E-state index contributed by atoms with van der Waals surface area (Å²) in [6.45, 7) is 1.95. The van der Waals surface area contributed by atoms with E-state index in [-0.39, 0.29) is 12.0 Å². The molecule has 2 heterocycles. The summed E-state index contributed by atoms with van der Waals surface area (Å²) in [6.07, 6.45) is -3.91. The predicted octanol–water partition coefficient (Wildman–Crippen LogP) is 0.449. The summed E-state index contributed by atoms with van der Waals surface area (Å²) in [4.78, 5) is 16.8. The van der Waals surface area contributed by atoms with E-state index in [2.05, 4.69) is 10.1 Å². The van der Waals surface area contributed by atoms with E-state index in [0.717, 1.165) is 6.54 Å². The van der Waals surface area contributed by atoms with Gasteiger partial charge in [-0.1, -0.05) is 5.16 Å². The second-order valence-corrected chi connectivity index (χ2v) is 4.11. The number of rotatable bonds is 4. The van der Waals surface area contributed by atoms with Gasteiger partial charge >= 0.3 is 0 Å². The van der Waals surface area contributed by atoms with E-state index in [1.807, 2.05) is 11.9 Å². The van der Waals surface area contributed by atoms with Crippen molar-refractivity contribution in [1.29, 1.82) is 0 Å². The Morgan fingerprint density at radius 2 is 2.39 bits per heavy atom. The number of carbonyl (C=O) groups is 1. The summed E-state index contributed by atoms with van der Waals surface area (Å²) < 4.78 is 34.3. The van der Waals surface area contributed by atoms with Crippen LogP contribution in [0.3, 0.4) is 0 Å². The third-order valence-electron chi connectivity index (χ3n) is 2.61. The molecule has 0 saturated carbocycles. The number of Topliss-reactive ketones (excluding diaryl/α,β-unsaturated/α-hetero) is 1. The Morgan fingerprint density at radius 3 is 3.06 bits per heavy atom. The number of morpholine rings is 1. The summed E-state index contributed by atoms with van der Waals surface area (Å²) in [7, 11) is 1.93. The average molecular weight is 261 g/mol. The van der Waals surface area contributed by atoms with Gasteiger partial charge in [0.25, 0.3) is 6.43 Å². The van der Waals surface area contributed by atoms with Crippen LogP contribution in [0.2, 0.25) is 0 Å². The van der Waals surface area contributed by atoms with Crippen LogP contribution in [-0.4, -0.2) is 54.0 Å². The molecule has 8 heteroatoms. The molecule has 1 aliphatic heterocycles. The molecule has 100 valence electrons. The van der Waals surface area contributed by atoms with Gasteiger partial charge in [-0.15, -0.1) is 0 Å². The van der Waals surface area contributed by atoms with Crippen LogP contribution >= 0.6 is 0 Å². The molecule has 0 aromatic carbocycles. The van der Waals surface area contributed by atoms with Gasteiger partial charge in [-0.25, -0.2) is 8.78 Å². The molecule has 18 heavy (non-hydrogen) atoms. The van der Waals surface area contributed by atoms with Crippen LogP contribution in [0.1, 0.15) is 17.8 Å². The lowest BCUT2D eigenvalue weighted by atomic mass is 10.2. The van der Waals surface area contributed by atoms with Crippen molar-refractivity contribution in [2.75, 3.05) is 26.7 Å². The molecule has 1 saturated heterocycles. The maximum Gasteiger partial charge on any atom is 0.296 e. The zero-order valence-electron chi connectivity index (χ0n) is 9.81. The van der Waals surface area contributed by atoms with Gasteiger partial charge in [-0.2, -0.15) is 4.98 Å². The topological polar surface area (TPSA) is 68.5 Å². The van der Waals surface area contributed by atoms with E-state index in [9.17, 15) is 13.6 Å².